The summed E-state index contributed by atoms with van der Waals surface area (Å²) in [6, 6.07) is 11.2. The topological polar surface area (TPSA) is 86.5 Å². The first-order valence-corrected chi connectivity index (χ1v) is 8.86. The molecule has 1 aromatic carbocycles. The van der Waals surface area contributed by atoms with Crippen LogP contribution >= 0.6 is 0 Å². The van der Waals surface area contributed by atoms with Gasteiger partial charge in [-0.3, -0.25) is 4.79 Å². The fourth-order valence-corrected chi connectivity index (χ4v) is 3.52. The van der Waals surface area contributed by atoms with Gasteiger partial charge in [0, 0.05) is 25.3 Å². The second kappa shape index (κ2) is 6.92. The van der Waals surface area contributed by atoms with Crippen LogP contribution in [-0.2, 0) is 0 Å². The zero-order valence-corrected chi connectivity index (χ0v) is 15.3. The minimum absolute atomic E-state index is 0.00640. The number of nitrogens with zero attached hydrogens (tertiary/aromatic N) is 3. The summed E-state index contributed by atoms with van der Waals surface area (Å²) >= 11 is 0. The van der Waals surface area contributed by atoms with Crippen molar-refractivity contribution in [1.82, 2.24) is 14.7 Å². The first-order chi connectivity index (χ1) is 13.1. The Hall–Kier alpha value is -3.06. The summed E-state index contributed by atoms with van der Waals surface area (Å²) in [4.78, 5) is 14.7. The summed E-state index contributed by atoms with van der Waals surface area (Å²) in [5, 5.41) is 4.33. The van der Waals surface area contributed by atoms with Gasteiger partial charge in [0.15, 0.2) is 0 Å². The summed E-state index contributed by atoms with van der Waals surface area (Å²) < 4.78 is 12.7. The Labute approximate surface area is 157 Å². The van der Waals surface area contributed by atoms with E-state index in [0.717, 1.165) is 17.2 Å². The van der Waals surface area contributed by atoms with Gasteiger partial charge in [-0.1, -0.05) is 12.1 Å². The van der Waals surface area contributed by atoms with Gasteiger partial charge in [0.05, 0.1) is 24.8 Å². The number of aromatic nitrogens is 2. The molecule has 4 rings (SSSR count). The van der Waals surface area contributed by atoms with Crippen LogP contribution in [0.25, 0.3) is 5.69 Å². The Morgan fingerprint density at radius 1 is 1.26 bits per heavy atom. The number of ether oxygens (including phenoxy) is 1. The van der Waals surface area contributed by atoms with Crippen molar-refractivity contribution < 1.29 is 13.9 Å². The fraction of sp³-hybridized carbons (Fsp3) is 0.300. The molecule has 2 unspecified atom stereocenters. The quantitative estimate of drug-likeness (QED) is 0.766. The van der Waals surface area contributed by atoms with Crippen LogP contribution in [0.1, 0.15) is 27.8 Å². The smallest absolute Gasteiger partial charge is 0.257 e. The van der Waals surface area contributed by atoms with Crippen LogP contribution in [-0.4, -0.2) is 46.8 Å². The van der Waals surface area contributed by atoms with Crippen LogP contribution in [0.5, 0.6) is 5.75 Å². The molecule has 0 spiro atoms. The number of furan rings is 1. The molecule has 140 valence electrons. The first-order valence-electron chi connectivity index (χ1n) is 8.86. The number of nitrogens with two attached hydrogens (primary N) is 1. The number of likely N-dealkylation sites (tertiary alicyclic amines) is 1. The van der Waals surface area contributed by atoms with Gasteiger partial charge in [0.25, 0.3) is 5.91 Å². The molecule has 0 saturated carbocycles. The number of carbonyl (C=O) groups excluding carboxylic acids is 1. The van der Waals surface area contributed by atoms with Crippen LogP contribution in [0.4, 0.5) is 0 Å². The highest BCUT2D eigenvalue weighted by atomic mass is 16.5. The maximum absolute atomic E-state index is 12.9. The number of carbonyl (C=O) groups is 1. The second-order valence-corrected chi connectivity index (χ2v) is 6.77. The Bertz CT molecular complexity index is 962. The maximum atomic E-state index is 12.9. The van der Waals surface area contributed by atoms with E-state index in [0.29, 0.717) is 24.4 Å². The van der Waals surface area contributed by atoms with Gasteiger partial charge in [-0.25, -0.2) is 4.68 Å². The molecule has 1 aliphatic heterocycles. The Morgan fingerprint density at radius 2 is 2.07 bits per heavy atom. The van der Waals surface area contributed by atoms with Crippen LogP contribution < -0.4 is 10.5 Å². The predicted molar refractivity (Wildman–Crippen MR) is 100 cm³/mol. The zero-order chi connectivity index (χ0) is 19.0. The van der Waals surface area contributed by atoms with Gasteiger partial charge >= 0.3 is 0 Å². The van der Waals surface area contributed by atoms with Crippen molar-refractivity contribution in [2.45, 2.75) is 18.9 Å². The third-order valence-electron chi connectivity index (χ3n) is 4.94. The van der Waals surface area contributed by atoms with Crippen molar-refractivity contribution in [3.05, 3.63) is 65.9 Å². The summed E-state index contributed by atoms with van der Waals surface area (Å²) in [7, 11) is 1.61. The number of para-hydroxylation sites is 2. The molecule has 1 saturated heterocycles. The summed E-state index contributed by atoms with van der Waals surface area (Å²) in [6.45, 7) is 2.93. The SMILES string of the molecule is COc1ccccc1-n1cc(C(=O)N2CC(N)C(c3ccc(C)o3)C2)cn1. The molecule has 1 fully saturated rings. The summed E-state index contributed by atoms with van der Waals surface area (Å²) in [5.41, 5.74) is 7.57. The molecule has 3 heterocycles. The lowest BCUT2D eigenvalue weighted by molar-refractivity contribution is 0.0788. The van der Waals surface area contributed by atoms with Gasteiger partial charge in [-0.2, -0.15) is 5.10 Å². The van der Waals surface area contributed by atoms with E-state index in [9.17, 15) is 4.79 Å². The van der Waals surface area contributed by atoms with Crippen LogP contribution in [0.3, 0.4) is 0 Å². The van der Waals surface area contributed by atoms with Crippen LogP contribution in [0, 0.1) is 6.92 Å². The number of hydrogen-bond donors (Lipinski definition) is 1. The van der Waals surface area contributed by atoms with Crippen LogP contribution in [0.2, 0.25) is 0 Å². The van der Waals surface area contributed by atoms with E-state index in [1.165, 1.54) is 0 Å². The molecule has 1 amide bonds. The number of benzene rings is 1. The standard InChI is InChI=1S/C20H22N4O3/c1-13-7-8-18(27-13)15-11-23(12-16(15)21)20(25)14-9-22-24(10-14)17-5-3-4-6-19(17)26-2/h3-10,15-16H,11-12,21H2,1-2H3. The van der Waals surface area contributed by atoms with E-state index < -0.39 is 0 Å². The molecular formula is C20H22N4O3. The summed E-state index contributed by atoms with van der Waals surface area (Å²) in [5.74, 6) is 2.29. The zero-order valence-electron chi connectivity index (χ0n) is 15.3. The minimum atomic E-state index is -0.149. The van der Waals surface area contributed by atoms with E-state index >= 15 is 0 Å². The lowest BCUT2D eigenvalue weighted by Crippen LogP contribution is -2.32. The normalized spacial score (nSPS) is 19.4. The molecule has 27 heavy (non-hydrogen) atoms. The highest BCUT2D eigenvalue weighted by Crippen LogP contribution is 2.29. The van der Waals surface area contributed by atoms with Gasteiger partial charge in [0.2, 0.25) is 0 Å². The van der Waals surface area contributed by atoms with Crippen molar-refractivity contribution in [2.24, 2.45) is 5.73 Å². The van der Waals surface area contributed by atoms with Crippen molar-refractivity contribution in [3.8, 4) is 11.4 Å². The average molecular weight is 366 g/mol. The Kier molecular flexibility index (Phi) is 4.45. The second-order valence-electron chi connectivity index (χ2n) is 6.77. The summed E-state index contributed by atoms with van der Waals surface area (Å²) in [6.07, 6.45) is 3.29. The molecule has 1 aliphatic rings. The molecular weight excluding hydrogens is 344 g/mol. The Morgan fingerprint density at radius 3 is 2.81 bits per heavy atom. The highest BCUT2D eigenvalue weighted by molar-refractivity contribution is 5.94. The largest absolute Gasteiger partial charge is 0.494 e. The van der Waals surface area contributed by atoms with Gasteiger partial charge in [0.1, 0.15) is 23.0 Å². The minimum Gasteiger partial charge on any atom is -0.494 e. The van der Waals surface area contributed by atoms with Crippen molar-refractivity contribution in [3.63, 3.8) is 0 Å². The number of methoxy groups -OCH3 is 1. The lowest BCUT2D eigenvalue weighted by atomic mass is 10.0. The van der Waals surface area contributed by atoms with E-state index in [1.54, 1.807) is 29.1 Å². The molecule has 2 aromatic heterocycles. The van der Waals surface area contributed by atoms with Crippen LogP contribution in [0.15, 0.2) is 53.2 Å². The first kappa shape index (κ1) is 17.4. The number of amides is 1. The molecule has 2 N–H and O–H groups in total. The third kappa shape index (κ3) is 3.21. The van der Waals surface area contributed by atoms with E-state index in [-0.39, 0.29) is 17.9 Å². The van der Waals surface area contributed by atoms with E-state index in [4.69, 9.17) is 14.9 Å². The molecule has 7 heteroatoms. The van der Waals surface area contributed by atoms with Gasteiger partial charge < -0.3 is 19.8 Å². The number of hydrogen-bond acceptors (Lipinski definition) is 5. The third-order valence-corrected chi connectivity index (χ3v) is 4.94. The molecule has 0 bridgehead atoms. The lowest BCUT2D eigenvalue weighted by Gasteiger charge is -2.14. The molecule has 0 aliphatic carbocycles. The average Bonchev–Trinajstić information content (AvgIpc) is 3.40. The van der Waals surface area contributed by atoms with Crippen molar-refractivity contribution >= 4 is 5.91 Å². The van der Waals surface area contributed by atoms with Crippen molar-refractivity contribution in [1.29, 1.82) is 0 Å². The van der Waals surface area contributed by atoms with E-state index in [1.807, 2.05) is 43.3 Å². The van der Waals surface area contributed by atoms with Crippen molar-refractivity contribution in [2.75, 3.05) is 20.2 Å². The molecule has 0 radical (unpaired) electrons. The van der Waals surface area contributed by atoms with Gasteiger partial charge in [-0.15, -0.1) is 0 Å². The number of aryl methyl sites for hydroxylation is 1. The Balaban J connectivity index is 1.53. The van der Waals surface area contributed by atoms with Gasteiger partial charge in [-0.05, 0) is 31.2 Å². The molecule has 2 atom stereocenters. The maximum Gasteiger partial charge on any atom is 0.257 e. The molecule has 3 aromatic rings. The monoisotopic (exact) mass is 366 g/mol. The fourth-order valence-electron chi connectivity index (χ4n) is 3.52. The highest BCUT2D eigenvalue weighted by Gasteiger charge is 2.36. The molecule has 7 nitrogen and oxygen atoms in total. The van der Waals surface area contributed by atoms with E-state index in [2.05, 4.69) is 5.10 Å². The number of rotatable bonds is 4. The predicted octanol–water partition coefficient (Wildman–Crippen LogP) is 2.35.